The van der Waals surface area contributed by atoms with Gasteiger partial charge in [-0.15, -0.1) is 11.8 Å². The van der Waals surface area contributed by atoms with Crippen LogP contribution in [0, 0.1) is 5.82 Å². The molecule has 0 aliphatic rings. The summed E-state index contributed by atoms with van der Waals surface area (Å²) >= 11 is 7.57. The molecule has 0 aromatic heterocycles. The molecule has 2 rings (SSSR count). The van der Waals surface area contributed by atoms with E-state index in [2.05, 4.69) is 19.1 Å². The van der Waals surface area contributed by atoms with Gasteiger partial charge in [-0.3, -0.25) is 0 Å². The largest absolute Gasteiger partial charge is 0.324 e. The minimum atomic E-state index is -0.372. The minimum absolute atomic E-state index is 0.143. The third-order valence-corrected chi connectivity index (χ3v) is 4.28. The van der Waals surface area contributed by atoms with Crippen LogP contribution < -0.4 is 5.73 Å². The Balaban J connectivity index is 2.11. The standard InChI is InChI=1S/C16H17ClFNS/c1-2-20-13-8-6-11(7-9-13)15(19)10-12-4-3-5-14(17)16(12)18/h3-9,15H,2,10,19H2,1H3. The first kappa shape index (κ1) is 15.4. The van der Waals surface area contributed by atoms with Gasteiger partial charge in [-0.05, 0) is 41.5 Å². The Labute approximate surface area is 128 Å². The lowest BCUT2D eigenvalue weighted by Crippen LogP contribution is -2.14. The molecule has 106 valence electrons. The van der Waals surface area contributed by atoms with Gasteiger partial charge in [0.25, 0.3) is 0 Å². The molecular formula is C16H17ClFNS. The summed E-state index contributed by atoms with van der Waals surface area (Å²) in [4.78, 5) is 1.22. The molecule has 0 aliphatic heterocycles. The highest BCUT2D eigenvalue weighted by Crippen LogP contribution is 2.24. The zero-order valence-electron chi connectivity index (χ0n) is 11.3. The van der Waals surface area contributed by atoms with Crippen molar-refractivity contribution in [2.24, 2.45) is 5.73 Å². The van der Waals surface area contributed by atoms with Crippen molar-refractivity contribution < 1.29 is 4.39 Å². The maximum Gasteiger partial charge on any atom is 0.145 e. The summed E-state index contributed by atoms with van der Waals surface area (Å²) in [6, 6.07) is 12.9. The Hall–Kier alpha value is -1.03. The first-order chi connectivity index (χ1) is 9.61. The molecule has 0 fully saturated rings. The van der Waals surface area contributed by atoms with Crippen LogP contribution in [0.1, 0.15) is 24.1 Å². The van der Waals surface area contributed by atoms with Crippen LogP contribution in [0.15, 0.2) is 47.4 Å². The highest BCUT2D eigenvalue weighted by molar-refractivity contribution is 7.99. The summed E-state index contributed by atoms with van der Waals surface area (Å²) in [6.07, 6.45) is 0.437. The first-order valence-electron chi connectivity index (χ1n) is 6.53. The van der Waals surface area contributed by atoms with Crippen molar-refractivity contribution in [3.63, 3.8) is 0 Å². The van der Waals surface area contributed by atoms with Crippen molar-refractivity contribution >= 4 is 23.4 Å². The Morgan fingerprint density at radius 3 is 2.55 bits per heavy atom. The first-order valence-corrected chi connectivity index (χ1v) is 7.89. The van der Waals surface area contributed by atoms with E-state index in [0.717, 1.165) is 11.3 Å². The molecule has 0 saturated heterocycles. The van der Waals surface area contributed by atoms with Gasteiger partial charge in [0.15, 0.2) is 0 Å². The Morgan fingerprint density at radius 2 is 1.90 bits per heavy atom. The molecule has 0 heterocycles. The number of halogens is 2. The molecule has 1 atom stereocenters. The fraction of sp³-hybridized carbons (Fsp3) is 0.250. The van der Waals surface area contributed by atoms with Gasteiger partial charge in [0, 0.05) is 10.9 Å². The van der Waals surface area contributed by atoms with Crippen LogP contribution in [0.3, 0.4) is 0 Å². The second-order valence-corrected chi connectivity index (χ2v) is 6.27. The minimum Gasteiger partial charge on any atom is -0.324 e. The van der Waals surface area contributed by atoms with Crippen LogP contribution in [0.2, 0.25) is 5.02 Å². The van der Waals surface area contributed by atoms with Crippen LogP contribution >= 0.6 is 23.4 Å². The van der Waals surface area contributed by atoms with Gasteiger partial charge in [-0.1, -0.05) is 42.8 Å². The van der Waals surface area contributed by atoms with Crippen LogP contribution in [-0.4, -0.2) is 5.75 Å². The average molecular weight is 310 g/mol. The molecule has 0 aliphatic carbocycles. The molecule has 1 unspecified atom stereocenters. The summed E-state index contributed by atoms with van der Waals surface area (Å²) in [5.41, 5.74) is 7.71. The maximum absolute atomic E-state index is 13.9. The summed E-state index contributed by atoms with van der Waals surface area (Å²) in [5.74, 6) is 0.668. The van der Waals surface area contributed by atoms with E-state index in [1.54, 1.807) is 30.0 Å². The van der Waals surface area contributed by atoms with E-state index < -0.39 is 0 Å². The van der Waals surface area contributed by atoms with Gasteiger partial charge in [0.05, 0.1) is 5.02 Å². The third kappa shape index (κ3) is 3.75. The van der Waals surface area contributed by atoms with Gasteiger partial charge in [0.2, 0.25) is 0 Å². The van der Waals surface area contributed by atoms with E-state index in [9.17, 15) is 4.39 Å². The lowest BCUT2D eigenvalue weighted by molar-refractivity contribution is 0.593. The summed E-state index contributed by atoms with van der Waals surface area (Å²) in [7, 11) is 0. The van der Waals surface area contributed by atoms with E-state index in [1.165, 1.54) is 4.90 Å². The molecule has 2 aromatic carbocycles. The van der Waals surface area contributed by atoms with E-state index >= 15 is 0 Å². The van der Waals surface area contributed by atoms with Crippen LogP contribution in [0.5, 0.6) is 0 Å². The lowest BCUT2D eigenvalue weighted by Gasteiger charge is -2.13. The van der Waals surface area contributed by atoms with E-state index in [4.69, 9.17) is 17.3 Å². The Bertz CT molecular complexity index is 571. The van der Waals surface area contributed by atoms with Crippen LogP contribution in [0.4, 0.5) is 4.39 Å². The fourth-order valence-corrected chi connectivity index (χ4v) is 2.89. The third-order valence-electron chi connectivity index (χ3n) is 3.09. The summed E-state index contributed by atoms with van der Waals surface area (Å²) in [6.45, 7) is 2.12. The molecular weight excluding hydrogens is 293 g/mol. The monoisotopic (exact) mass is 309 g/mol. The molecule has 0 spiro atoms. The maximum atomic E-state index is 13.9. The molecule has 20 heavy (non-hydrogen) atoms. The summed E-state index contributed by atoms with van der Waals surface area (Å²) in [5, 5.41) is 0.143. The fourth-order valence-electron chi connectivity index (χ4n) is 2.04. The van der Waals surface area contributed by atoms with Crippen LogP contribution in [0.25, 0.3) is 0 Å². The van der Waals surface area contributed by atoms with Crippen molar-refractivity contribution in [3.05, 3.63) is 64.4 Å². The molecule has 2 N–H and O–H groups in total. The van der Waals surface area contributed by atoms with E-state index in [1.807, 2.05) is 12.1 Å². The molecule has 0 saturated carbocycles. The number of hydrogen-bond acceptors (Lipinski definition) is 2. The predicted octanol–water partition coefficient (Wildman–Crippen LogP) is 4.83. The Kier molecular flexibility index (Phi) is 5.46. The zero-order chi connectivity index (χ0) is 14.5. The quantitative estimate of drug-likeness (QED) is 0.800. The van der Waals surface area contributed by atoms with Crippen molar-refractivity contribution in [2.45, 2.75) is 24.3 Å². The molecule has 4 heteroatoms. The molecule has 0 amide bonds. The summed E-state index contributed by atoms with van der Waals surface area (Å²) < 4.78 is 13.9. The lowest BCUT2D eigenvalue weighted by atomic mass is 9.99. The number of rotatable bonds is 5. The van der Waals surface area contributed by atoms with Gasteiger partial charge in [-0.2, -0.15) is 0 Å². The van der Waals surface area contributed by atoms with Gasteiger partial charge in [-0.25, -0.2) is 4.39 Å². The second-order valence-electron chi connectivity index (χ2n) is 4.53. The van der Waals surface area contributed by atoms with Crippen LogP contribution in [-0.2, 0) is 6.42 Å². The van der Waals surface area contributed by atoms with Crippen molar-refractivity contribution in [2.75, 3.05) is 5.75 Å². The number of benzene rings is 2. The normalized spacial score (nSPS) is 12.4. The average Bonchev–Trinajstić information content (AvgIpc) is 2.45. The topological polar surface area (TPSA) is 26.0 Å². The second kappa shape index (κ2) is 7.11. The molecule has 0 radical (unpaired) electrons. The highest BCUT2D eigenvalue weighted by Gasteiger charge is 2.12. The predicted molar refractivity (Wildman–Crippen MR) is 84.9 cm³/mol. The zero-order valence-corrected chi connectivity index (χ0v) is 12.8. The molecule has 0 bridgehead atoms. The van der Waals surface area contributed by atoms with E-state index in [0.29, 0.717) is 12.0 Å². The van der Waals surface area contributed by atoms with Gasteiger partial charge < -0.3 is 5.73 Å². The van der Waals surface area contributed by atoms with E-state index in [-0.39, 0.29) is 16.9 Å². The number of nitrogens with two attached hydrogens (primary N) is 1. The smallest absolute Gasteiger partial charge is 0.145 e. The van der Waals surface area contributed by atoms with Crippen molar-refractivity contribution in [1.29, 1.82) is 0 Å². The molecule has 2 aromatic rings. The number of thioether (sulfide) groups is 1. The Morgan fingerprint density at radius 1 is 1.20 bits per heavy atom. The number of hydrogen-bond donors (Lipinski definition) is 1. The van der Waals surface area contributed by atoms with Crippen molar-refractivity contribution in [1.82, 2.24) is 0 Å². The van der Waals surface area contributed by atoms with Gasteiger partial charge >= 0.3 is 0 Å². The van der Waals surface area contributed by atoms with Crippen molar-refractivity contribution in [3.8, 4) is 0 Å². The van der Waals surface area contributed by atoms with Gasteiger partial charge in [0.1, 0.15) is 5.82 Å². The SMILES string of the molecule is CCSc1ccc(C(N)Cc2cccc(Cl)c2F)cc1. The highest BCUT2D eigenvalue weighted by atomic mass is 35.5. The molecule has 1 nitrogen and oxygen atoms in total.